The lowest BCUT2D eigenvalue weighted by atomic mass is 10.2. The van der Waals surface area contributed by atoms with Gasteiger partial charge in [-0.25, -0.2) is 0 Å². The summed E-state index contributed by atoms with van der Waals surface area (Å²) in [7, 11) is 0. The van der Waals surface area contributed by atoms with E-state index in [1.54, 1.807) is 12.1 Å². The van der Waals surface area contributed by atoms with Crippen molar-refractivity contribution in [2.45, 2.75) is 0 Å². The molecule has 0 spiro atoms. The molecule has 0 fully saturated rings. The fourth-order valence-corrected chi connectivity index (χ4v) is 2.47. The third kappa shape index (κ3) is 2.71. The van der Waals surface area contributed by atoms with Crippen LogP contribution in [0.25, 0.3) is 22.8 Å². The average Bonchev–Trinajstić information content (AvgIpc) is 2.92. The van der Waals surface area contributed by atoms with E-state index in [-0.39, 0.29) is 5.75 Å². The summed E-state index contributed by atoms with van der Waals surface area (Å²) >= 11 is 5.47. The Balaban J connectivity index is 1.99. The first-order valence-electron chi connectivity index (χ1n) is 5.72. The van der Waals surface area contributed by atoms with Crippen LogP contribution in [-0.2, 0) is 0 Å². The van der Waals surface area contributed by atoms with Gasteiger partial charge in [-0.15, -0.1) is 0 Å². The van der Waals surface area contributed by atoms with Gasteiger partial charge in [0.2, 0.25) is 5.82 Å². The number of aromatic nitrogens is 2. The third-order valence-electron chi connectivity index (χ3n) is 2.70. The lowest BCUT2D eigenvalue weighted by molar-refractivity contribution is 0.431. The van der Waals surface area contributed by atoms with Crippen LogP contribution >= 0.6 is 38.5 Å². The molecule has 0 aliphatic heterocycles. The van der Waals surface area contributed by atoms with Gasteiger partial charge in [-0.2, -0.15) is 4.98 Å². The molecule has 4 nitrogen and oxygen atoms in total. The van der Waals surface area contributed by atoms with Crippen molar-refractivity contribution in [2.75, 3.05) is 0 Å². The topological polar surface area (TPSA) is 59.2 Å². The molecule has 1 N–H and O–H groups in total. The van der Waals surface area contributed by atoms with E-state index in [1.165, 1.54) is 0 Å². The monoisotopic (exact) mass is 442 g/mol. The second-order valence-electron chi connectivity index (χ2n) is 4.10. The Bertz CT molecular complexity index is 773. The molecule has 6 heteroatoms. The molecule has 2 aromatic carbocycles. The zero-order valence-electron chi connectivity index (χ0n) is 10.0. The van der Waals surface area contributed by atoms with Gasteiger partial charge < -0.3 is 9.63 Å². The van der Waals surface area contributed by atoms with Crippen LogP contribution in [0.3, 0.4) is 0 Å². The molecule has 0 unspecified atom stereocenters. The predicted molar refractivity (Wildman–Crippen MR) is 87.3 cm³/mol. The predicted octanol–water partition coefficient (Wildman–Crippen LogP) is 4.48. The highest BCUT2D eigenvalue weighted by Gasteiger charge is 2.12. The van der Waals surface area contributed by atoms with E-state index in [2.05, 4.69) is 48.7 Å². The Morgan fingerprint density at radius 1 is 1.10 bits per heavy atom. The van der Waals surface area contributed by atoms with Crippen LogP contribution in [0.2, 0.25) is 0 Å². The Morgan fingerprint density at radius 3 is 2.70 bits per heavy atom. The zero-order chi connectivity index (χ0) is 14.1. The minimum Gasteiger partial charge on any atom is -0.507 e. The number of phenols is 1. The summed E-state index contributed by atoms with van der Waals surface area (Å²) in [4.78, 5) is 4.35. The quantitative estimate of drug-likeness (QED) is 0.594. The van der Waals surface area contributed by atoms with Gasteiger partial charge in [-0.3, -0.25) is 0 Å². The lowest BCUT2D eigenvalue weighted by Gasteiger charge is -1.98. The second-order valence-corrected chi connectivity index (χ2v) is 6.18. The van der Waals surface area contributed by atoms with E-state index >= 15 is 0 Å². The number of aromatic hydroxyl groups is 1. The van der Waals surface area contributed by atoms with Crippen LogP contribution in [0.5, 0.6) is 5.75 Å². The summed E-state index contributed by atoms with van der Waals surface area (Å²) in [5, 5.41) is 13.7. The number of benzene rings is 2. The molecule has 20 heavy (non-hydrogen) atoms. The molecule has 0 radical (unpaired) electrons. The van der Waals surface area contributed by atoms with E-state index in [1.807, 2.05) is 30.3 Å². The molecule has 3 aromatic rings. The van der Waals surface area contributed by atoms with Crippen LogP contribution in [0.15, 0.2) is 51.5 Å². The summed E-state index contributed by atoms with van der Waals surface area (Å²) < 4.78 is 6.98. The SMILES string of the molecule is Oc1cc(-c2nc(-c3cccc(Br)c3)no2)ccc1I. The van der Waals surface area contributed by atoms with Crippen molar-refractivity contribution in [2.24, 2.45) is 0 Å². The molecule has 0 amide bonds. The Morgan fingerprint density at radius 2 is 1.95 bits per heavy atom. The molecule has 100 valence electrons. The van der Waals surface area contributed by atoms with Crippen molar-refractivity contribution >= 4 is 38.5 Å². The number of rotatable bonds is 2. The highest BCUT2D eigenvalue weighted by molar-refractivity contribution is 14.1. The molecule has 0 saturated heterocycles. The lowest BCUT2D eigenvalue weighted by Crippen LogP contribution is -1.82. The number of hydrogen-bond donors (Lipinski definition) is 1. The molecular formula is C14H8BrIN2O2. The van der Waals surface area contributed by atoms with Crippen LogP contribution in [0.1, 0.15) is 0 Å². The van der Waals surface area contributed by atoms with Gasteiger partial charge in [0.25, 0.3) is 5.89 Å². The standard InChI is InChI=1S/C14H8BrIN2O2/c15-10-3-1-2-8(6-10)13-17-14(20-18-13)9-4-5-11(16)12(19)7-9/h1-7,19H. The fraction of sp³-hybridized carbons (Fsp3) is 0. The van der Waals surface area contributed by atoms with Crippen LogP contribution < -0.4 is 0 Å². The summed E-state index contributed by atoms with van der Waals surface area (Å²) in [6, 6.07) is 12.9. The highest BCUT2D eigenvalue weighted by atomic mass is 127. The van der Waals surface area contributed by atoms with E-state index in [9.17, 15) is 5.11 Å². The molecule has 0 aliphatic carbocycles. The van der Waals surface area contributed by atoms with Gasteiger partial charge in [0.05, 0.1) is 3.57 Å². The molecule has 0 saturated carbocycles. The van der Waals surface area contributed by atoms with Crippen LogP contribution in [0, 0.1) is 3.57 Å². The van der Waals surface area contributed by atoms with Gasteiger partial charge in [0.15, 0.2) is 0 Å². The van der Waals surface area contributed by atoms with Gasteiger partial charge in [-0.05, 0) is 52.9 Å². The molecule has 0 aliphatic rings. The van der Waals surface area contributed by atoms with Crippen molar-refractivity contribution in [3.63, 3.8) is 0 Å². The smallest absolute Gasteiger partial charge is 0.258 e. The summed E-state index contributed by atoms with van der Waals surface area (Å²) in [6.45, 7) is 0. The maximum absolute atomic E-state index is 9.72. The summed E-state index contributed by atoms with van der Waals surface area (Å²) in [5.41, 5.74) is 1.56. The zero-order valence-corrected chi connectivity index (χ0v) is 13.8. The number of halogens is 2. The Hall–Kier alpha value is -1.41. The summed E-state index contributed by atoms with van der Waals surface area (Å²) in [5.74, 6) is 1.09. The number of phenolic OH excluding ortho intramolecular Hbond substituents is 1. The minimum atomic E-state index is 0.199. The van der Waals surface area contributed by atoms with Crippen molar-refractivity contribution in [1.29, 1.82) is 0 Å². The van der Waals surface area contributed by atoms with Crippen molar-refractivity contribution in [3.8, 4) is 28.6 Å². The van der Waals surface area contributed by atoms with E-state index in [0.29, 0.717) is 17.3 Å². The van der Waals surface area contributed by atoms with Crippen LogP contribution in [0.4, 0.5) is 0 Å². The van der Waals surface area contributed by atoms with Crippen LogP contribution in [-0.4, -0.2) is 15.2 Å². The largest absolute Gasteiger partial charge is 0.507 e. The van der Waals surface area contributed by atoms with Gasteiger partial charge in [0, 0.05) is 15.6 Å². The molecule has 3 rings (SSSR count). The number of hydrogen-bond acceptors (Lipinski definition) is 4. The van der Waals surface area contributed by atoms with Crippen molar-refractivity contribution in [1.82, 2.24) is 10.1 Å². The minimum absolute atomic E-state index is 0.199. The second kappa shape index (κ2) is 5.53. The molecule has 0 bridgehead atoms. The van der Waals surface area contributed by atoms with Gasteiger partial charge >= 0.3 is 0 Å². The first-order chi connectivity index (χ1) is 9.63. The molecular weight excluding hydrogens is 435 g/mol. The van der Waals surface area contributed by atoms with E-state index in [0.717, 1.165) is 13.6 Å². The van der Waals surface area contributed by atoms with Gasteiger partial charge in [0.1, 0.15) is 5.75 Å². The summed E-state index contributed by atoms with van der Waals surface area (Å²) in [6.07, 6.45) is 0. The average molecular weight is 443 g/mol. The molecule has 1 aromatic heterocycles. The highest BCUT2D eigenvalue weighted by Crippen LogP contribution is 2.28. The van der Waals surface area contributed by atoms with E-state index < -0.39 is 0 Å². The fourth-order valence-electron chi connectivity index (χ4n) is 1.73. The molecule has 0 atom stereocenters. The number of nitrogens with zero attached hydrogens (tertiary/aromatic N) is 2. The van der Waals surface area contributed by atoms with Gasteiger partial charge in [-0.1, -0.05) is 33.2 Å². The molecule has 1 heterocycles. The Kier molecular flexibility index (Phi) is 3.75. The van der Waals surface area contributed by atoms with Crippen molar-refractivity contribution < 1.29 is 9.63 Å². The normalized spacial score (nSPS) is 10.7. The first-order valence-corrected chi connectivity index (χ1v) is 7.59. The first kappa shape index (κ1) is 13.6. The van der Waals surface area contributed by atoms with Crippen molar-refractivity contribution in [3.05, 3.63) is 50.5 Å². The maximum atomic E-state index is 9.72. The Labute approximate surface area is 137 Å². The third-order valence-corrected chi connectivity index (χ3v) is 4.11. The maximum Gasteiger partial charge on any atom is 0.258 e. The van der Waals surface area contributed by atoms with E-state index in [4.69, 9.17) is 4.52 Å².